The number of benzene rings is 2. The molecular weight excluding hydrogens is 474 g/mol. The van der Waals surface area contributed by atoms with Gasteiger partial charge in [0.15, 0.2) is 0 Å². The molecule has 4 saturated carbocycles. The van der Waals surface area contributed by atoms with Gasteiger partial charge in [-0.3, -0.25) is 4.79 Å². The number of hydrogen-bond acceptors (Lipinski definition) is 4. The minimum atomic E-state index is -0.0796. The fraction of sp³-hybridized carbons (Fsp3) is 0.452. The molecule has 0 saturated heterocycles. The molecule has 2 heterocycles. The van der Waals surface area contributed by atoms with Crippen molar-refractivity contribution in [1.29, 1.82) is 0 Å². The Kier molecular flexibility index (Phi) is 5.94. The van der Waals surface area contributed by atoms with Crippen LogP contribution in [0.3, 0.4) is 0 Å². The average molecular weight is 510 g/mol. The van der Waals surface area contributed by atoms with Crippen molar-refractivity contribution in [3.63, 3.8) is 0 Å². The van der Waals surface area contributed by atoms with E-state index in [0.29, 0.717) is 24.1 Å². The van der Waals surface area contributed by atoms with E-state index in [2.05, 4.69) is 44.5 Å². The van der Waals surface area contributed by atoms with Crippen LogP contribution in [-0.4, -0.2) is 32.0 Å². The summed E-state index contributed by atoms with van der Waals surface area (Å²) in [5.74, 6) is 4.39. The highest BCUT2D eigenvalue weighted by molar-refractivity contribution is 5.97. The molecule has 2 N–H and O–H groups in total. The van der Waals surface area contributed by atoms with Crippen LogP contribution in [0.2, 0.25) is 0 Å². The van der Waals surface area contributed by atoms with Crippen LogP contribution in [-0.2, 0) is 18.6 Å². The molecule has 7 heteroatoms. The SMILES string of the molecule is O=C(NCCCn1ccnc1)c1ccc2nc(COc3ccc(C45CC6CC(CC(C6)C4)C5)cc3)[nH]c2c1. The summed E-state index contributed by atoms with van der Waals surface area (Å²) in [5, 5.41) is 2.99. The van der Waals surface area contributed by atoms with Gasteiger partial charge in [0.05, 0.1) is 17.4 Å². The number of hydrogen-bond donors (Lipinski definition) is 2. The Bertz CT molecular complexity index is 1390. The Labute approximate surface area is 223 Å². The number of carbonyl (C=O) groups is 1. The van der Waals surface area contributed by atoms with Gasteiger partial charge in [0.25, 0.3) is 5.91 Å². The predicted molar refractivity (Wildman–Crippen MR) is 146 cm³/mol. The first kappa shape index (κ1) is 23.5. The van der Waals surface area contributed by atoms with Gasteiger partial charge in [-0.05, 0) is 104 Å². The van der Waals surface area contributed by atoms with Gasteiger partial charge in [-0.25, -0.2) is 9.97 Å². The number of ether oxygens (including phenoxy) is 1. The van der Waals surface area contributed by atoms with E-state index in [9.17, 15) is 4.79 Å². The predicted octanol–water partition coefficient (Wildman–Crippen LogP) is 5.63. The summed E-state index contributed by atoms with van der Waals surface area (Å²) in [6, 6.07) is 14.4. The molecule has 1 amide bonds. The number of aryl methyl sites for hydroxylation is 1. The molecule has 4 bridgehead atoms. The van der Waals surface area contributed by atoms with Crippen LogP contribution in [0.4, 0.5) is 0 Å². The van der Waals surface area contributed by atoms with E-state index < -0.39 is 0 Å². The Hall–Kier alpha value is -3.61. The highest BCUT2D eigenvalue weighted by Gasteiger charge is 2.51. The minimum Gasteiger partial charge on any atom is -0.486 e. The Balaban J connectivity index is 0.952. The van der Waals surface area contributed by atoms with E-state index in [1.54, 1.807) is 12.5 Å². The van der Waals surface area contributed by atoms with Gasteiger partial charge < -0.3 is 19.6 Å². The molecule has 0 aliphatic heterocycles. The van der Waals surface area contributed by atoms with Crippen LogP contribution in [0.25, 0.3) is 11.0 Å². The number of imidazole rings is 2. The smallest absolute Gasteiger partial charge is 0.251 e. The zero-order valence-electron chi connectivity index (χ0n) is 21.7. The van der Waals surface area contributed by atoms with Crippen LogP contribution < -0.4 is 10.1 Å². The van der Waals surface area contributed by atoms with Crippen molar-refractivity contribution in [2.24, 2.45) is 17.8 Å². The van der Waals surface area contributed by atoms with Crippen LogP contribution in [0, 0.1) is 17.8 Å². The third kappa shape index (κ3) is 4.59. The zero-order valence-corrected chi connectivity index (χ0v) is 21.7. The molecule has 0 unspecified atom stereocenters. The number of nitrogens with zero attached hydrogens (tertiary/aromatic N) is 3. The fourth-order valence-corrected chi connectivity index (χ4v) is 7.78. The molecule has 0 radical (unpaired) electrons. The van der Waals surface area contributed by atoms with Crippen molar-refractivity contribution in [3.8, 4) is 5.75 Å². The number of rotatable bonds is 9. The topological polar surface area (TPSA) is 84.8 Å². The van der Waals surface area contributed by atoms with Crippen molar-refractivity contribution >= 4 is 16.9 Å². The van der Waals surface area contributed by atoms with Crippen molar-refractivity contribution < 1.29 is 9.53 Å². The highest BCUT2D eigenvalue weighted by Crippen LogP contribution is 2.60. The minimum absolute atomic E-state index is 0.0796. The van der Waals surface area contributed by atoms with Gasteiger partial charge in [0.1, 0.15) is 18.2 Å². The monoisotopic (exact) mass is 509 g/mol. The Morgan fingerprint density at radius 2 is 1.82 bits per heavy atom. The maximum absolute atomic E-state index is 12.6. The van der Waals surface area contributed by atoms with Crippen molar-refractivity contribution in [3.05, 3.63) is 78.1 Å². The van der Waals surface area contributed by atoms with Crippen LogP contribution >= 0.6 is 0 Å². The molecule has 196 valence electrons. The van der Waals surface area contributed by atoms with E-state index in [4.69, 9.17) is 4.74 Å². The van der Waals surface area contributed by atoms with Gasteiger partial charge in [-0.15, -0.1) is 0 Å². The molecule has 38 heavy (non-hydrogen) atoms. The number of H-pyrrole nitrogens is 1. The summed E-state index contributed by atoms with van der Waals surface area (Å²) in [6.07, 6.45) is 14.9. The molecule has 4 aliphatic carbocycles. The third-order valence-corrected chi connectivity index (χ3v) is 9.11. The summed E-state index contributed by atoms with van der Waals surface area (Å²) < 4.78 is 8.09. The second-order valence-electron chi connectivity index (χ2n) is 11.8. The molecular formula is C31H35N5O2. The van der Waals surface area contributed by atoms with Crippen molar-refractivity contribution in [2.75, 3.05) is 6.54 Å². The number of carbonyl (C=O) groups excluding carboxylic acids is 1. The summed E-state index contributed by atoms with van der Waals surface area (Å²) in [5.41, 5.74) is 4.22. The van der Waals surface area contributed by atoms with Crippen LogP contribution in [0.1, 0.15) is 66.7 Å². The van der Waals surface area contributed by atoms with Gasteiger partial charge in [-0.2, -0.15) is 0 Å². The van der Waals surface area contributed by atoms with Gasteiger partial charge in [0.2, 0.25) is 0 Å². The Morgan fingerprint density at radius 1 is 1.05 bits per heavy atom. The standard InChI is InChI=1S/C31H35N5O2/c37-30(33-8-1-10-36-11-9-32-20-36)24-2-7-27-28(15-24)35-29(34-27)19-38-26-5-3-25(4-6-26)31-16-21-12-22(17-31)14-23(13-21)18-31/h2-7,9,11,15,20-23H,1,8,10,12-14,16-19H2,(H,33,37)(H,34,35). The lowest BCUT2D eigenvalue weighted by Gasteiger charge is -2.57. The quantitative estimate of drug-likeness (QED) is 0.287. The number of aromatic nitrogens is 4. The maximum Gasteiger partial charge on any atom is 0.251 e. The molecule has 7 nitrogen and oxygen atoms in total. The third-order valence-electron chi connectivity index (χ3n) is 9.11. The van der Waals surface area contributed by atoms with Crippen molar-refractivity contribution in [1.82, 2.24) is 24.8 Å². The molecule has 8 rings (SSSR count). The van der Waals surface area contributed by atoms with Crippen LogP contribution in [0.15, 0.2) is 61.2 Å². The molecule has 0 spiro atoms. The van der Waals surface area contributed by atoms with E-state index in [1.807, 2.05) is 29.0 Å². The number of fused-ring (bicyclic) bond motifs is 1. The average Bonchev–Trinajstić information content (AvgIpc) is 3.58. The first-order valence-electron chi connectivity index (χ1n) is 14.1. The molecule has 2 aromatic heterocycles. The number of aromatic amines is 1. The Morgan fingerprint density at radius 3 is 2.53 bits per heavy atom. The molecule has 0 atom stereocenters. The molecule has 4 aliphatic rings. The summed E-state index contributed by atoms with van der Waals surface area (Å²) in [6.45, 7) is 1.80. The highest BCUT2D eigenvalue weighted by atomic mass is 16.5. The number of nitrogens with one attached hydrogen (secondary N) is 2. The summed E-state index contributed by atoms with van der Waals surface area (Å²) in [4.78, 5) is 24.6. The van der Waals surface area contributed by atoms with Crippen LogP contribution in [0.5, 0.6) is 5.75 Å². The fourth-order valence-electron chi connectivity index (χ4n) is 7.78. The summed E-state index contributed by atoms with van der Waals surface area (Å²) in [7, 11) is 0. The van der Waals surface area contributed by atoms with E-state index in [1.165, 1.54) is 44.1 Å². The zero-order chi connectivity index (χ0) is 25.5. The molecule has 4 aromatic rings. The largest absolute Gasteiger partial charge is 0.486 e. The van der Waals surface area contributed by atoms with Gasteiger partial charge in [-0.1, -0.05) is 12.1 Å². The lowest BCUT2D eigenvalue weighted by atomic mass is 9.48. The van der Waals surface area contributed by atoms with E-state index in [-0.39, 0.29) is 5.91 Å². The van der Waals surface area contributed by atoms with Gasteiger partial charge in [0, 0.05) is 31.0 Å². The first-order valence-corrected chi connectivity index (χ1v) is 14.1. The summed E-state index contributed by atoms with van der Waals surface area (Å²) >= 11 is 0. The number of amides is 1. The molecule has 2 aromatic carbocycles. The first-order chi connectivity index (χ1) is 18.6. The lowest BCUT2D eigenvalue weighted by Crippen LogP contribution is -2.48. The normalized spacial score (nSPS) is 25.6. The van der Waals surface area contributed by atoms with Crippen molar-refractivity contribution in [2.45, 2.75) is 63.5 Å². The van der Waals surface area contributed by atoms with E-state index >= 15 is 0 Å². The maximum atomic E-state index is 12.6. The van der Waals surface area contributed by atoms with E-state index in [0.717, 1.165) is 53.3 Å². The second kappa shape index (κ2) is 9.61. The molecule has 4 fully saturated rings. The lowest BCUT2D eigenvalue weighted by molar-refractivity contribution is -0.00520. The second-order valence-corrected chi connectivity index (χ2v) is 11.8. The van der Waals surface area contributed by atoms with Gasteiger partial charge >= 0.3 is 0 Å².